The van der Waals surface area contributed by atoms with Crippen molar-refractivity contribution < 1.29 is 14.3 Å². The highest BCUT2D eigenvalue weighted by Gasteiger charge is 2.26. The zero-order valence-electron chi connectivity index (χ0n) is 22.1. The van der Waals surface area contributed by atoms with E-state index in [1.165, 1.54) is 5.56 Å². The number of ether oxygens (including phenoxy) is 2. The van der Waals surface area contributed by atoms with Crippen molar-refractivity contribution in [3.8, 4) is 17.0 Å². The van der Waals surface area contributed by atoms with E-state index in [2.05, 4.69) is 69.9 Å². The average molecular weight is 468 g/mol. The van der Waals surface area contributed by atoms with Crippen molar-refractivity contribution in [2.75, 3.05) is 37.7 Å². The first-order valence-electron chi connectivity index (χ1n) is 12.3. The van der Waals surface area contributed by atoms with Crippen LogP contribution in [0.4, 0.5) is 10.6 Å². The predicted octanol–water partition coefficient (Wildman–Crippen LogP) is 6.14. The monoisotopic (exact) mass is 467 g/mol. The third-order valence-electron chi connectivity index (χ3n) is 5.65. The average Bonchev–Trinajstić information content (AvgIpc) is 2.76. The van der Waals surface area contributed by atoms with Gasteiger partial charge in [-0.05, 0) is 62.4 Å². The van der Waals surface area contributed by atoms with E-state index in [0.717, 1.165) is 35.9 Å². The minimum absolute atomic E-state index is 0.0437. The number of hydrogen-bond acceptors (Lipinski definition) is 5. The van der Waals surface area contributed by atoms with Gasteiger partial charge >= 0.3 is 6.09 Å². The Morgan fingerprint density at radius 2 is 1.68 bits per heavy atom. The van der Waals surface area contributed by atoms with Gasteiger partial charge in [0.1, 0.15) is 17.2 Å². The van der Waals surface area contributed by atoms with Gasteiger partial charge in [0.15, 0.2) is 0 Å². The van der Waals surface area contributed by atoms with Gasteiger partial charge in [-0.1, -0.05) is 40.7 Å². The fraction of sp³-hybridized carbons (Fsp3) is 0.571. The van der Waals surface area contributed by atoms with Crippen molar-refractivity contribution in [1.82, 2.24) is 9.88 Å². The number of benzene rings is 1. The fourth-order valence-corrected chi connectivity index (χ4v) is 3.86. The van der Waals surface area contributed by atoms with Gasteiger partial charge in [0.25, 0.3) is 0 Å². The molecule has 1 aromatic heterocycles. The molecule has 1 amide bonds. The van der Waals surface area contributed by atoms with Crippen LogP contribution < -0.4 is 9.64 Å². The zero-order chi connectivity index (χ0) is 25.1. The number of pyridine rings is 1. The molecule has 0 spiro atoms. The van der Waals surface area contributed by atoms with Crippen LogP contribution in [0, 0.1) is 5.92 Å². The molecule has 186 valence electrons. The van der Waals surface area contributed by atoms with Crippen molar-refractivity contribution >= 4 is 11.9 Å². The number of piperazine rings is 1. The molecule has 1 saturated heterocycles. The summed E-state index contributed by atoms with van der Waals surface area (Å²) < 4.78 is 11.6. The molecule has 0 N–H and O–H groups in total. The molecule has 6 heteroatoms. The number of anilines is 1. The minimum atomic E-state index is -0.481. The van der Waals surface area contributed by atoms with Gasteiger partial charge in [0.2, 0.25) is 0 Å². The van der Waals surface area contributed by atoms with E-state index < -0.39 is 5.60 Å². The molecule has 1 aromatic carbocycles. The summed E-state index contributed by atoms with van der Waals surface area (Å²) in [5.74, 6) is 2.35. The molecule has 34 heavy (non-hydrogen) atoms. The van der Waals surface area contributed by atoms with Crippen LogP contribution in [0.5, 0.6) is 5.75 Å². The van der Waals surface area contributed by atoms with Crippen LogP contribution in [-0.2, 0) is 10.2 Å². The van der Waals surface area contributed by atoms with Crippen molar-refractivity contribution in [2.45, 2.75) is 66.4 Å². The number of aromatic nitrogens is 1. The van der Waals surface area contributed by atoms with Crippen LogP contribution in [0.3, 0.4) is 0 Å². The number of carbonyl (C=O) groups excluding carboxylic acids is 1. The number of amides is 1. The Morgan fingerprint density at radius 1 is 1.00 bits per heavy atom. The Labute approximate surface area is 205 Å². The summed E-state index contributed by atoms with van der Waals surface area (Å²) in [7, 11) is 0. The van der Waals surface area contributed by atoms with Crippen LogP contribution in [0.25, 0.3) is 11.3 Å². The normalized spacial score (nSPS) is 15.0. The van der Waals surface area contributed by atoms with Gasteiger partial charge in [-0.2, -0.15) is 0 Å². The van der Waals surface area contributed by atoms with E-state index in [-0.39, 0.29) is 11.5 Å². The number of nitrogens with zero attached hydrogens (tertiary/aromatic N) is 3. The molecule has 0 aliphatic carbocycles. The Morgan fingerprint density at radius 3 is 2.26 bits per heavy atom. The van der Waals surface area contributed by atoms with E-state index in [0.29, 0.717) is 25.6 Å². The molecule has 3 rings (SSSR count). The van der Waals surface area contributed by atoms with E-state index in [4.69, 9.17) is 14.5 Å². The van der Waals surface area contributed by atoms with Crippen LogP contribution in [0.15, 0.2) is 36.4 Å². The lowest BCUT2D eigenvalue weighted by atomic mass is 9.85. The molecule has 0 radical (unpaired) electrons. The van der Waals surface area contributed by atoms with E-state index in [1.54, 1.807) is 4.90 Å². The van der Waals surface area contributed by atoms with Crippen LogP contribution in [0.1, 0.15) is 61.0 Å². The van der Waals surface area contributed by atoms with Crippen LogP contribution in [0.2, 0.25) is 0 Å². The molecule has 2 aromatic rings. The largest absolute Gasteiger partial charge is 0.493 e. The number of carbonyl (C=O) groups is 1. The molecule has 0 bridgehead atoms. The molecular weight excluding hydrogens is 426 g/mol. The molecule has 1 aliphatic heterocycles. The highest BCUT2D eigenvalue weighted by molar-refractivity contribution is 5.69. The topological polar surface area (TPSA) is 54.9 Å². The Hall–Kier alpha value is -2.76. The molecule has 1 fully saturated rings. The summed E-state index contributed by atoms with van der Waals surface area (Å²) in [5, 5.41) is 0. The second kappa shape index (κ2) is 10.2. The number of rotatable bonds is 5. The summed E-state index contributed by atoms with van der Waals surface area (Å²) in [6, 6.07) is 12.5. The Bertz CT molecular complexity index is 981. The second-order valence-corrected chi connectivity index (χ2v) is 11.5. The SMILES string of the molecule is CC(C)COc1ccc(-c2cccc(N3CCN(C(=O)OC(C)(C)C)CC3)n2)cc1C(C)(C)C. The molecule has 0 saturated carbocycles. The molecule has 1 aliphatic rings. The predicted molar refractivity (Wildman–Crippen MR) is 139 cm³/mol. The van der Waals surface area contributed by atoms with Gasteiger partial charge in [-0.25, -0.2) is 9.78 Å². The Balaban J connectivity index is 1.76. The standard InChI is InChI=1S/C28H41N3O3/c1-20(2)19-33-24-13-12-21(18-22(24)27(3,4)5)23-10-9-11-25(29-23)30-14-16-31(17-15-30)26(32)34-28(6,7)8/h9-13,18,20H,14-17,19H2,1-8H3. The minimum Gasteiger partial charge on any atom is -0.493 e. The van der Waals surface area contributed by atoms with Gasteiger partial charge in [0, 0.05) is 37.3 Å². The van der Waals surface area contributed by atoms with E-state index in [1.807, 2.05) is 26.8 Å². The number of hydrogen-bond donors (Lipinski definition) is 0. The molecule has 2 heterocycles. The highest BCUT2D eigenvalue weighted by atomic mass is 16.6. The van der Waals surface area contributed by atoms with E-state index >= 15 is 0 Å². The molecular formula is C28H41N3O3. The maximum Gasteiger partial charge on any atom is 0.410 e. The van der Waals surface area contributed by atoms with Crippen molar-refractivity contribution in [3.05, 3.63) is 42.0 Å². The van der Waals surface area contributed by atoms with Crippen LogP contribution in [-0.4, -0.2) is 54.4 Å². The van der Waals surface area contributed by atoms with Gasteiger partial charge < -0.3 is 19.3 Å². The molecule has 0 atom stereocenters. The molecule has 0 unspecified atom stereocenters. The molecule has 6 nitrogen and oxygen atoms in total. The summed E-state index contributed by atoms with van der Waals surface area (Å²) in [5.41, 5.74) is 2.68. The van der Waals surface area contributed by atoms with Gasteiger partial charge in [-0.3, -0.25) is 0 Å². The van der Waals surface area contributed by atoms with Crippen molar-refractivity contribution in [2.24, 2.45) is 5.92 Å². The lowest BCUT2D eigenvalue weighted by Crippen LogP contribution is -2.50. The third kappa shape index (κ3) is 6.87. The first-order valence-corrected chi connectivity index (χ1v) is 12.3. The smallest absolute Gasteiger partial charge is 0.410 e. The Kier molecular flexibility index (Phi) is 7.79. The lowest BCUT2D eigenvalue weighted by Gasteiger charge is -2.36. The fourth-order valence-electron chi connectivity index (χ4n) is 3.86. The first-order chi connectivity index (χ1) is 15.8. The quantitative estimate of drug-likeness (QED) is 0.529. The zero-order valence-corrected chi connectivity index (χ0v) is 22.1. The summed E-state index contributed by atoms with van der Waals surface area (Å²) >= 11 is 0. The van der Waals surface area contributed by atoms with Crippen molar-refractivity contribution in [3.63, 3.8) is 0 Å². The van der Waals surface area contributed by atoms with Gasteiger partial charge in [-0.15, -0.1) is 0 Å². The maximum absolute atomic E-state index is 12.4. The van der Waals surface area contributed by atoms with Crippen LogP contribution >= 0.6 is 0 Å². The second-order valence-electron chi connectivity index (χ2n) is 11.5. The van der Waals surface area contributed by atoms with Gasteiger partial charge in [0.05, 0.1) is 12.3 Å². The lowest BCUT2D eigenvalue weighted by molar-refractivity contribution is 0.0240. The van der Waals surface area contributed by atoms with Crippen molar-refractivity contribution in [1.29, 1.82) is 0 Å². The maximum atomic E-state index is 12.4. The summed E-state index contributed by atoms with van der Waals surface area (Å²) in [4.78, 5) is 21.4. The summed E-state index contributed by atoms with van der Waals surface area (Å²) in [6.45, 7) is 20.0. The van der Waals surface area contributed by atoms with E-state index in [9.17, 15) is 4.79 Å². The first kappa shape index (κ1) is 25.9. The summed E-state index contributed by atoms with van der Waals surface area (Å²) in [6.07, 6.45) is -0.247. The third-order valence-corrected chi connectivity index (χ3v) is 5.65. The highest BCUT2D eigenvalue weighted by Crippen LogP contribution is 2.35.